The van der Waals surface area contributed by atoms with E-state index in [2.05, 4.69) is 21.7 Å². The predicted octanol–water partition coefficient (Wildman–Crippen LogP) is 5.20. The van der Waals surface area contributed by atoms with Gasteiger partial charge in [-0.2, -0.15) is 10.2 Å². The van der Waals surface area contributed by atoms with Crippen molar-refractivity contribution < 1.29 is 0 Å². The molecule has 0 aliphatic carbocycles. The van der Waals surface area contributed by atoms with Gasteiger partial charge in [0.05, 0.1) is 11.4 Å². The van der Waals surface area contributed by atoms with Crippen LogP contribution < -0.4 is 4.90 Å². The van der Waals surface area contributed by atoms with Crippen molar-refractivity contribution in [1.82, 2.24) is 0 Å². The maximum Gasteiger partial charge on any atom is 0.0858 e. The number of rotatable bonds is 4. The molecule has 0 heterocycles. The molecule has 0 N–H and O–H groups in total. The zero-order valence-corrected chi connectivity index (χ0v) is 12.2. The molecule has 0 amide bonds. The maximum absolute atomic E-state index is 4.24. The summed E-state index contributed by atoms with van der Waals surface area (Å²) in [7, 11) is 4.03. The summed E-state index contributed by atoms with van der Waals surface area (Å²) in [5, 5.41) is 8.47. The lowest BCUT2D eigenvalue weighted by molar-refractivity contribution is 1.13. The Balaban J connectivity index is 2.10. The van der Waals surface area contributed by atoms with Crippen molar-refractivity contribution in [2.24, 2.45) is 10.2 Å². The van der Waals surface area contributed by atoms with Crippen LogP contribution in [0.15, 0.2) is 65.3 Å². The number of hydrogen-bond acceptors (Lipinski definition) is 3. The summed E-state index contributed by atoms with van der Waals surface area (Å²) in [6, 6.07) is 15.9. The third-order valence-electron chi connectivity index (χ3n) is 3.01. The minimum absolute atomic E-state index is 0.840. The van der Waals surface area contributed by atoms with Crippen molar-refractivity contribution in [1.29, 1.82) is 0 Å². The average Bonchev–Trinajstić information content (AvgIpc) is 2.46. The van der Waals surface area contributed by atoms with Crippen molar-refractivity contribution in [3.8, 4) is 0 Å². The van der Waals surface area contributed by atoms with Crippen LogP contribution >= 0.6 is 0 Å². The topological polar surface area (TPSA) is 28.0 Å². The molecule has 0 unspecified atom stereocenters. The summed E-state index contributed by atoms with van der Waals surface area (Å²) >= 11 is 0. The van der Waals surface area contributed by atoms with Crippen LogP contribution in [0, 0.1) is 0 Å². The van der Waals surface area contributed by atoms with Gasteiger partial charge in [-0.1, -0.05) is 24.3 Å². The third kappa shape index (κ3) is 3.54. The molecular formula is C17H19N3. The van der Waals surface area contributed by atoms with Crippen molar-refractivity contribution in [3.63, 3.8) is 0 Å². The number of anilines is 1. The van der Waals surface area contributed by atoms with Gasteiger partial charge in [-0.15, -0.1) is 0 Å². The predicted molar refractivity (Wildman–Crippen MR) is 86.1 cm³/mol. The Hall–Kier alpha value is -2.42. The minimum atomic E-state index is 0.840. The van der Waals surface area contributed by atoms with Crippen LogP contribution in [0.1, 0.15) is 12.5 Å². The number of hydrogen-bond donors (Lipinski definition) is 0. The lowest BCUT2D eigenvalue weighted by Gasteiger charge is -2.11. The molecule has 0 aliphatic heterocycles. The van der Waals surface area contributed by atoms with Gasteiger partial charge in [0.2, 0.25) is 0 Å². The molecule has 0 aliphatic rings. The van der Waals surface area contributed by atoms with Crippen molar-refractivity contribution in [2.75, 3.05) is 19.0 Å². The van der Waals surface area contributed by atoms with Crippen LogP contribution in [-0.2, 0) is 0 Å². The number of benzene rings is 2. The molecule has 0 spiro atoms. The van der Waals surface area contributed by atoms with E-state index in [-0.39, 0.29) is 0 Å². The van der Waals surface area contributed by atoms with Gasteiger partial charge in [-0.3, -0.25) is 0 Å². The molecule has 0 atom stereocenters. The average molecular weight is 265 g/mol. The molecule has 3 nitrogen and oxygen atoms in total. The van der Waals surface area contributed by atoms with E-state index >= 15 is 0 Å². The van der Waals surface area contributed by atoms with Crippen molar-refractivity contribution in [3.05, 3.63) is 60.7 Å². The normalized spacial score (nSPS) is 10.8. The minimum Gasteiger partial charge on any atom is -0.378 e. The van der Waals surface area contributed by atoms with Crippen LogP contribution in [0.25, 0.3) is 5.57 Å². The Morgan fingerprint density at radius 1 is 0.850 bits per heavy atom. The standard InChI is InChI=1S/C17H19N3/c1-13(2)14-5-7-15(8-6-14)18-19-16-9-11-17(12-10-16)20(3)4/h5-12H,1H2,2-4H3. The quantitative estimate of drug-likeness (QED) is 0.698. The first kappa shape index (κ1) is 14.0. The van der Waals surface area contributed by atoms with E-state index in [1.807, 2.05) is 69.6 Å². The Labute approximate surface area is 120 Å². The summed E-state index contributed by atoms with van der Waals surface area (Å²) < 4.78 is 0. The van der Waals surface area contributed by atoms with Gasteiger partial charge in [0.25, 0.3) is 0 Å². The van der Waals surface area contributed by atoms with E-state index < -0.39 is 0 Å². The van der Waals surface area contributed by atoms with Crippen molar-refractivity contribution >= 4 is 22.6 Å². The molecule has 102 valence electrons. The van der Waals surface area contributed by atoms with Gasteiger partial charge < -0.3 is 4.90 Å². The zero-order chi connectivity index (χ0) is 14.5. The fourth-order valence-electron chi connectivity index (χ4n) is 1.75. The lowest BCUT2D eigenvalue weighted by atomic mass is 10.1. The summed E-state index contributed by atoms with van der Waals surface area (Å²) in [6.07, 6.45) is 0. The molecule has 0 saturated carbocycles. The molecule has 0 aromatic heterocycles. The molecule has 0 radical (unpaired) electrons. The molecule has 20 heavy (non-hydrogen) atoms. The maximum atomic E-state index is 4.24. The Bertz CT molecular complexity index is 608. The second-order valence-electron chi connectivity index (χ2n) is 4.94. The highest BCUT2D eigenvalue weighted by Gasteiger charge is 1.96. The highest BCUT2D eigenvalue weighted by Crippen LogP contribution is 2.22. The summed E-state index contributed by atoms with van der Waals surface area (Å²) in [5.74, 6) is 0. The first-order valence-electron chi connectivity index (χ1n) is 6.51. The molecule has 2 aromatic rings. The molecule has 0 fully saturated rings. The second-order valence-corrected chi connectivity index (χ2v) is 4.94. The highest BCUT2D eigenvalue weighted by atomic mass is 15.1. The van der Waals surface area contributed by atoms with E-state index in [1.54, 1.807) is 0 Å². The van der Waals surface area contributed by atoms with E-state index in [0.717, 1.165) is 28.2 Å². The third-order valence-corrected chi connectivity index (χ3v) is 3.01. The van der Waals surface area contributed by atoms with Crippen LogP contribution in [0.3, 0.4) is 0 Å². The monoisotopic (exact) mass is 265 g/mol. The number of nitrogens with zero attached hydrogens (tertiary/aromatic N) is 3. The van der Waals surface area contributed by atoms with Gasteiger partial charge in [-0.25, -0.2) is 0 Å². The van der Waals surface area contributed by atoms with Crippen LogP contribution in [0.2, 0.25) is 0 Å². The summed E-state index contributed by atoms with van der Waals surface area (Å²) in [6.45, 7) is 5.90. The number of azo groups is 1. The van der Waals surface area contributed by atoms with Gasteiger partial charge in [0.1, 0.15) is 0 Å². The van der Waals surface area contributed by atoms with Gasteiger partial charge >= 0.3 is 0 Å². The number of allylic oxidation sites excluding steroid dienone is 1. The molecular weight excluding hydrogens is 246 g/mol. The van der Waals surface area contributed by atoms with Crippen LogP contribution in [-0.4, -0.2) is 14.1 Å². The Kier molecular flexibility index (Phi) is 4.31. The lowest BCUT2D eigenvalue weighted by Crippen LogP contribution is -2.07. The molecule has 2 rings (SSSR count). The Morgan fingerprint density at radius 2 is 1.30 bits per heavy atom. The van der Waals surface area contributed by atoms with Gasteiger partial charge in [0, 0.05) is 19.8 Å². The second kappa shape index (κ2) is 6.15. The smallest absolute Gasteiger partial charge is 0.0858 e. The zero-order valence-electron chi connectivity index (χ0n) is 12.2. The SMILES string of the molecule is C=C(C)c1ccc(N=Nc2ccc(N(C)C)cc2)cc1. The molecule has 2 aromatic carbocycles. The molecule has 3 heteroatoms. The van der Waals surface area contributed by atoms with Crippen LogP contribution in [0.5, 0.6) is 0 Å². The Morgan fingerprint density at radius 3 is 1.70 bits per heavy atom. The fourth-order valence-corrected chi connectivity index (χ4v) is 1.75. The summed E-state index contributed by atoms with van der Waals surface area (Å²) in [4.78, 5) is 2.05. The van der Waals surface area contributed by atoms with E-state index in [1.165, 1.54) is 0 Å². The fraction of sp³-hybridized carbons (Fsp3) is 0.176. The van der Waals surface area contributed by atoms with Gasteiger partial charge in [-0.05, 0) is 48.9 Å². The highest BCUT2D eigenvalue weighted by molar-refractivity contribution is 5.62. The molecule has 0 saturated heterocycles. The first-order chi connectivity index (χ1) is 9.56. The first-order valence-corrected chi connectivity index (χ1v) is 6.51. The van der Waals surface area contributed by atoms with E-state index in [4.69, 9.17) is 0 Å². The van der Waals surface area contributed by atoms with Crippen LogP contribution in [0.4, 0.5) is 17.1 Å². The molecule has 0 bridgehead atoms. The van der Waals surface area contributed by atoms with E-state index in [9.17, 15) is 0 Å². The summed E-state index contributed by atoms with van der Waals surface area (Å²) in [5.41, 5.74) is 5.01. The van der Waals surface area contributed by atoms with Crippen molar-refractivity contribution in [2.45, 2.75) is 6.92 Å². The largest absolute Gasteiger partial charge is 0.378 e. The van der Waals surface area contributed by atoms with Gasteiger partial charge in [0.15, 0.2) is 0 Å². The van der Waals surface area contributed by atoms with E-state index in [0.29, 0.717) is 0 Å².